The maximum atomic E-state index is 13.7. The molecule has 0 bridgehead atoms. The number of carbonyl (C=O) groups is 2. The van der Waals surface area contributed by atoms with Gasteiger partial charge in [0.25, 0.3) is 5.78 Å². The maximum absolute atomic E-state index is 13.7. The number of thiazole rings is 1. The van der Waals surface area contributed by atoms with Crippen molar-refractivity contribution in [3.05, 3.63) is 101 Å². The van der Waals surface area contributed by atoms with E-state index in [0.717, 1.165) is 23.3 Å². The van der Waals surface area contributed by atoms with Crippen molar-refractivity contribution in [2.75, 3.05) is 4.90 Å². The highest BCUT2D eigenvalue weighted by atomic mass is 32.1. The lowest BCUT2D eigenvalue weighted by atomic mass is 9.94. The van der Waals surface area contributed by atoms with Crippen LogP contribution in [0.2, 0.25) is 0 Å². The molecule has 1 N–H and O–H groups in total. The number of fused-ring (bicyclic) bond motifs is 1. The molecule has 1 saturated heterocycles. The SMILES string of the molecule is CCc1ccc(C2C(=C(O)c3ccccc3)C(=O)C(=O)N2c2nc3ccc(F)cc3s2)cc1. The van der Waals surface area contributed by atoms with Crippen molar-refractivity contribution in [2.24, 2.45) is 0 Å². The van der Waals surface area contributed by atoms with Crippen LogP contribution in [0.4, 0.5) is 9.52 Å². The number of Topliss-reactive ketones (excluding diaryl/α,β-unsaturated/α-hetero) is 1. The van der Waals surface area contributed by atoms with Crippen LogP contribution in [-0.2, 0) is 16.0 Å². The molecule has 0 radical (unpaired) electrons. The predicted octanol–water partition coefficient (Wildman–Crippen LogP) is 5.62. The number of amides is 1. The summed E-state index contributed by atoms with van der Waals surface area (Å²) >= 11 is 1.13. The highest BCUT2D eigenvalue weighted by Gasteiger charge is 2.48. The molecule has 3 aromatic carbocycles. The Morgan fingerprint density at radius 3 is 2.48 bits per heavy atom. The van der Waals surface area contributed by atoms with Gasteiger partial charge in [-0.1, -0.05) is 72.9 Å². The van der Waals surface area contributed by atoms with Crippen LogP contribution in [0.3, 0.4) is 0 Å². The third kappa shape index (κ3) is 3.60. The zero-order chi connectivity index (χ0) is 23.1. The summed E-state index contributed by atoms with van der Waals surface area (Å²) in [5, 5.41) is 11.4. The second-order valence-corrected chi connectivity index (χ2v) is 8.75. The van der Waals surface area contributed by atoms with Crippen molar-refractivity contribution in [1.82, 2.24) is 4.98 Å². The van der Waals surface area contributed by atoms with Gasteiger partial charge in [-0.15, -0.1) is 0 Å². The van der Waals surface area contributed by atoms with Gasteiger partial charge in [-0.05, 0) is 35.7 Å². The Morgan fingerprint density at radius 1 is 1.06 bits per heavy atom. The molecule has 164 valence electrons. The van der Waals surface area contributed by atoms with Crippen molar-refractivity contribution < 1.29 is 19.1 Å². The van der Waals surface area contributed by atoms with Crippen LogP contribution in [0.5, 0.6) is 0 Å². The summed E-state index contributed by atoms with van der Waals surface area (Å²) in [4.78, 5) is 32.2. The molecule has 0 spiro atoms. The van der Waals surface area contributed by atoms with E-state index in [0.29, 0.717) is 21.3 Å². The number of anilines is 1. The Bertz CT molecular complexity index is 1410. The first-order chi connectivity index (χ1) is 16.0. The van der Waals surface area contributed by atoms with E-state index in [1.165, 1.54) is 23.1 Å². The monoisotopic (exact) mass is 458 g/mol. The van der Waals surface area contributed by atoms with Gasteiger partial charge in [0, 0.05) is 5.56 Å². The fourth-order valence-corrected chi connectivity index (χ4v) is 5.04. The average molecular weight is 459 g/mol. The number of aliphatic hydroxyl groups is 1. The number of halogens is 1. The van der Waals surface area contributed by atoms with Crippen LogP contribution in [0.1, 0.15) is 29.7 Å². The van der Waals surface area contributed by atoms with Crippen molar-refractivity contribution in [2.45, 2.75) is 19.4 Å². The highest BCUT2D eigenvalue weighted by molar-refractivity contribution is 7.22. The topological polar surface area (TPSA) is 70.5 Å². The lowest BCUT2D eigenvalue weighted by molar-refractivity contribution is -0.132. The number of hydrogen-bond donors (Lipinski definition) is 1. The van der Waals surface area contributed by atoms with Crippen molar-refractivity contribution >= 4 is 44.1 Å². The van der Waals surface area contributed by atoms with Gasteiger partial charge in [0.1, 0.15) is 11.6 Å². The minimum Gasteiger partial charge on any atom is -0.507 e. The summed E-state index contributed by atoms with van der Waals surface area (Å²) in [6.07, 6.45) is 0.841. The molecule has 1 aliphatic rings. The standard InChI is InChI=1S/C26H19FN2O3S/c1-2-15-8-10-16(11-9-15)22-21(23(30)17-6-4-3-5-7-17)24(31)25(32)29(22)26-28-19-13-12-18(27)14-20(19)33-26/h3-14,22,30H,2H2,1H3. The lowest BCUT2D eigenvalue weighted by Crippen LogP contribution is -2.29. The van der Waals surface area contributed by atoms with Crippen LogP contribution in [0.25, 0.3) is 16.0 Å². The number of nitrogens with zero attached hydrogens (tertiary/aromatic N) is 2. The van der Waals surface area contributed by atoms with Gasteiger partial charge in [-0.25, -0.2) is 9.37 Å². The molecule has 0 aliphatic carbocycles. The highest BCUT2D eigenvalue weighted by Crippen LogP contribution is 2.44. The first kappa shape index (κ1) is 21.0. The summed E-state index contributed by atoms with van der Waals surface area (Å²) in [5.74, 6) is -2.22. The van der Waals surface area contributed by atoms with Gasteiger partial charge < -0.3 is 5.11 Å². The number of hydrogen-bond acceptors (Lipinski definition) is 5. The number of ketones is 1. The van der Waals surface area contributed by atoms with E-state index in [-0.39, 0.29) is 16.5 Å². The largest absolute Gasteiger partial charge is 0.507 e. The molecule has 0 saturated carbocycles. The Labute approximate surface area is 193 Å². The number of aliphatic hydroxyl groups excluding tert-OH is 1. The summed E-state index contributed by atoms with van der Waals surface area (Å²) in [7, 11) is 0. The summed E-state index contributed by atoms with van der Waals surface area (Å²) in [6, 6.07) is 19.6. The molecule has 5 rings (SSSR count). The molecule has 2 heterocycles. The molecular formula is C26H19FN2O3S. The van der Waals surface area contributed by atoms with Gasteiger partial charge >= 0.3 is 5.91 Å². The molecule has 33 heavy (non-hydrogen) atoms. The molecular weight excluding hydrogens is 439 g/mol. The summed E-state index contributed by atoms with van der Waals surface area (Å²) in [6.45, 7) is 2.04. The normalized spacial score (nSPS) is 17.8. The van der Waals surface area contributed by atoms with E-state index >= 15 is 0 Å². The van der Waals surface area contributed by atoms with Gasteiger partial charge in [0.15, 0.2) is 5.13 Å². The smallest absolute Gasteiger partial charge is 0.301 e. The second-order valence-electron chi connectivity index (χ2n) is 7.74. The first-order valence-electron chi connectivity index (χ1n) is 10.5. The molecule has 1 aromatic heterocycles. The quantitative estimate of drug-likeness (QED) is 0.245. The van der Waals surface area contributed by atoms with Gasteiger partial charge in [0.2, 0.25) is 0 Å². The lowest BCUT2D eigenvalue weighted by Gasteiger charge is -2.23. The minimum absolute atomic E-state index is 0.000820. The zero-order valence-electron chi connectivity index (χ0n) is 17.7. The number of rotatable bonds is 4. The van der Waals surface area contributed by atoms with Gasteiger partial charge in [-0.2, -0.15) is 0 Å². The van der Waals surface area contributed by atoms with Crippen LogP contribution < -0.4 is 4.90 Å². The average Bonchev–Trinajstić information content (AvgIpc) is 3.37. The van der Waals surface area contributed by atoms with E-state index in [4.69, 9.17) is 0 Å². The molecule has 5 nitrogen and oxygen atoms in total. The fraction of sp³-hybridized carbons (Fsp3) is 0.115. The van der Waals surface area contributed by atoms with E-state index < -0.39 is 23.5 Å². The molecule has 1 atom stereocenters. The van der Waals surface area contributed by atoms with Crippen LogP contribution >= 0.6 is 11.3 Å². The van der Waals surface area contributed by atoms with Gasteiger partial charge in [-0.3, -0.25) is 14.5 Å². The van der Waals surface area contributed by atoms with E-state index in [2.05, 4.69) is 4.98 Å². The molecule has 1 unspecified atom stereocenters. The Hall–Kier alpha value is -3.84. The third-order valence-corrected chi connectivity index (χ3v) is 6.76. The summed E-state index contributed by atoms with van der Waals surface area (Å²) < 4.78 is 14.3. The number of benzene rings is 3. The molecule has 7 heteroatoms. The first-order valence-corrected chi connectivity index (χ1v) is 11.3. The fourth-order valence-electron chi connectivity index (χ4n) is 4.02. The van der Waals surface area contributed by atoms with Crippen molar-refractivity contribution in [1.29, 1.82) is 0 Å². The second kappa shape index (κ2) is 8.26. The van der Waals surface area contributed by atoms with Crippen molar-refractivity contribution in [3.63, 3.8) is 0 Å². The minimum atomic E-state index is -0.860. The molecule has 1 aliphatic heterocycles. The Morgan fingerprint density at radius 2 is 1.79 bits per heavy atom. The number of carbonyl (C=O) groups excluding carboxylic acids is 2. The van der Waals surface area contributed by atoms with Crippen LogP contribution in [-0.4, -0.2) is 21.8 Å². The van der Waals surface area contributed by atoms with Crippen LogP contribution in [0.15, 0.2) is 78.4 Å². The van der Waals surface area contributed by atoms with Crippen LogP contribution in [0, 0.1) is 5.82 Å². The Balaban J connectivity index is 1.72. The number of aryl methyl sites for hydroxylation is 1. The summed E-state index contributed by atoms with van der Waals surface area (Å²) in [5.41, 5.74) is 2.75. The van der Waals surface area contributed by atoms with E-state index in [1.54, 1.807) is 30.3 Å². The molecule has 1 fully saturated rings. The van der Waals surface area contributed by atoms with Gasteiger partial charge in [0.05, 0.1) is 21.8 Å². The zero-order valence-corrected chi connectivity index (χ0v) is 18.5. The predicted molar refractivity (Wildman–Crippen MR) is 127 cm³/mol. The Kier molecular flexibility index (Phi) is 5.26. The molecule has 1 amide bonds. The third-order valence-electron chi connectivity index (χ3n) is 5.74. The molecule has 4 aromatic rings. The number of aromatic nitrogens is 1. The van der Waals surface area contributed by atoms with E-state index in [9.17, 15) is 19.1 Å². The van der Waals surface area contributed by atoms with Crippen molar-refractivity contribution in [3.8, 4) is 0 Å². The maximum Gasteiger partial charge on any atom is 0.301 e. The van der Waals surface area contributed by atoms with E-state index in [1.807, 2.05) is 31.2 Å².